The predicted octanol–water partition coefficient (Wildman–Crippen LogP) is 13.2. The van der Waals surface area contributed by atoms with Crippen LogP contribution < -0.4 is 0 Å². The van der Waals surface area contributed by atoms with Gasteiger partial charge in [0.25, 0.3) is 0 Å². The van der Waals surface area contributed by atoms with Gasteiger partial charge < -0.3 is 24.1 Å². The second-order valence-electron chi connectivity index (χ2n) is 25.7. The average Bonchev–Trinajstić information content (AvgIpc) is 3.92. The molecule has 0 aromatic heterocycles. The van der Waals surface area contributed by atoms with Crippen molar-refractivity contribution in [3.8, 4) is 0 Å². The van der Waals surface area contributed by atoms with E-state index in [9.17, 15) is 9.90 Å². The maximum absolute atomic E-state index is 11.1. The summed E-state index contributed by atoms with van der Waals surface area (Å²) in [5.74, 6) is 9.39. The van der Waals surface area contributed by atoms with Gasteiger partial charge in [0.05, 0.1) is 31.2 Å². The SMILES string of the molecule is CC(=O)OC[C@@H](C)CCC1=C(C)C2C(CC3C4CC=C5C[C@@H](C)CC[C@]5(C)C4CC[C@@]32C)O1.C[C@@H]1CCC2(OC1)O[C@H]1CC3C4CC=C5C[C@@H](O)CC[C@]5(C)C4CC[C@]3(C)[C@H]1[C@@H]2C. The minimum Gasteiger partial charge on any atom is -0.494 e. The molecule has 11 rings (SSSR count). The first-order chi connectivity index (χ1) is 29.9. The summed E-state index contributed by atoms with van der Waals surface area (Å²) in [6.07, 6.45) is 28.0. The number of carbonyl (C=O) groups is 1. The van der Waals surface area contributed by atoms with E-state index < -0.39 is 0 Å². The van der Waals surface area contributed by atoms with Crippen molar-refractivity contribution in [3.63, 3.8) is 0 Å². The average molecular weight is 869 g/mol. The molecule has 352 valence electrons. The molecule has 11 aliphatic rings. The highest BCUT2D eigenvalue weighted by Crippen LogP contribution is 2.72. The van der Waals surface area contributed by atoms with E-state index in [1.165, 1.54) is 102 Å². The normalized spacial score (nSPS) is 51.9. The summed E-state index contributed by atoms with van der Waals surface area (Å²) in [4.78, 5) is 11.1. The van der Waals surface area contributed by atoms with Crippen LogP contribution in [0.3, 0.4) is 0 Å². The molecule has 6 saturated carbocycles. The number of aliphatic hydroxyl groups is 1. The lowest BCUT2D eigenvalue weighted by Gasteiger charge is -2.58. The summed E-state index contributed by atoms with van der Waals surface area (Å²) in [7, 11) is 0. The standard InChI is InChI=1S/C30H46O3.C27H42O3/c1-18-11-13-29(5)22(15-18)8-9-23-24(29)12-14-30(6)25(23)16-27-28(30)20(3)26(33-27)10-7-19(2)17-32-21(4)31;1-16-7-12-27(29-15-16)17(2)24-23(30-27)14-22-20-6-5-18-13-19(28)8-10-25(18,3)21(20)9-11-26(22,24)4/h8,18-19,23-25,27-28H,7,9-17H2,1-6H3;5,16-17,19-24,28H,6-15H2,1-4H3/t18-,19-,23?,24?,25?,27?,28?,29-,30-;16-,17+,19+,20?,21?,22?,23+,24+,25+,26+,27?/m01/s1. The predicted molar refractivity (Wildman–Crippen MR) is 250 cm³/mol. The fourth-order valence-corrected chi connectivity index (χ4v) is 18.8. The van der Waals surface area contributed by atoms with Gasteiger partial charge in [-0.3, -0.25) is 4.79 Å². The van der Waals surface area contributed by atoms with E-state index in [1.807, 2.05) is 5.57 Å². The summed E-state index contributed by atoms with van der Waals surface area (Å²) in [5.41, 5.74) is 6.51. The van der Waals surface area contributed by atoms with Crippen LogP contribution in [0.4, 0.5) is 0 Å². The highest BCUT2D eigenvalue weighted by Gasteiger charge is 2.69. The van der Waals surface area contributed by atoms with Crippen molar-refractivity contribution in [2.75, 3.05) is 13.2 Å². The third-order valence-corrected chi connectivity index (χ3v) is 22.3. The highest BCUT2D eigenvalue weighted by molar-refractivity contribution is 5.65. The lowest BCUT2D eigenvalue weighted by atomic mass is 9.47. The number of rotatable bonds is 5. The van der Waals surface area contributed by atoms with Crippen molar-refractivity contribution in [2.45, 2.75) is 209 Å². The van der Waals surface area contributed by atoms with E-state index in [0.717, 1.165) is 80.1 Å². The Kier molecular flexibility index (Phi) is 11.7. The third-order valence-electron chi connectivity index (χ3n) is 22.3. The number of hydrogen-bond donors (Lipinski definition) is 1. The lowest BCUT2D eigenvalue weighted by Crippen LogP contribution is -2.52. The van der Waals surface area contributed by atoms with Crippen LogP contribution in [0.15, 0.2) is 34.6 Å². The van der Waals surface area contributed by atoms with E-state index in [1.54, 1.807) is 5.57 Å². The van der Waals surface area contributed by atoms with Gasteiger partial charge in [0, 0.05) is 31.6 Å². The summed E-state index contributed by atoms with van der Waals surface area (Å²) in [6, 6.07) is 0. The fourth-order valence-electron chi connectivity index (χ4n) is 18.8. The van der Waals surface area contributed by atoms with Crippen molar-refractivity contribution >= 4 is 5.97 Å². The first-order valence-corrected chi connectivity index (χ1v) is 26.8. The highest BCUT2D eigenvalue weighted by atomic mass is 16.7. The van der Waals surface area contributed by atoms with Crippen LogP contribution in [0.1, 0.15) is 185 Å². The molecule has 8 aliphatic carbocycles. The van der Waals surface area contributed by atoms with Crippen molar-refractivity contribution < 1.29 is 28.8 Å². The molecule has 6 heteroatoms. The largest absolute Gasteiger partial charge is 0.494 e. The van der Waals surface area contributed by atoms with E-state index >= 15 is 0 Å². The minimum atomic E-state index is -0.294. The Labute approximate surface area is 382 Å². The summed E-state index contributed by atoms with van der Waals surface area (Å²) in [6.45, 7) is 25.0. The molecular formula is C57H88O6. The van der Waals surface area contributed by atoms with Crippen LogP contribution in [0, 0.1) is 92.7 Å². The van der Waals surface area contributed by atoms with Crippen molar-refractivity contribution in [1.29, 1.82) is 0 Å². The van der Waals surface area contributed by atoms with Crippen LogP contribution >= 0.6 is 0 Å². The molecular weight excluding hydrogens is 781 g/mol. The van der Waals surface area contributed by atoms with Gasteiger partial charge in [-0.1, -0.05) is 78.7 Å². The van der Waals surface area contributed by atoms with Gasteiger partial charge in [0.15, 0.2) is 5.79 Å². The Hall–Kier alpha value is -1.63. The number of aliphatic hydroxyl groups excluding tert-OH is 1. The Morgan fingerprint density at radius 2 is 1.41 bits per heavy atom. The molecule has 2 saturated heterocycles. The third kappa shape index (κ3) is 7.17. The first kappa shape index (κ1) is 45.2. The van der Waals surface area contributed by atoms with E-state index in [-0.39, 0.29) is 17.9 Å². The second kappa shape index (κ2) is 16.3. The number of fused-ring (bicyclic) bond motifs is 14. The van der Waals surface area contributed by atoms with Crippen LogP contribution in [0.5, 0.6) is 0 Å². The molecule has 0 aromatic carbocycles. The van der Waals surface area contributed by atoms with E-state index in [2.05, 4.69) is 74.5 Å². The Balaban J connectivity index is 0.000000150. The molecule has 0 radical (unpaired) electrons. The maximum atomic E-state index is 11.1. The zero-order chi connectivity index (χ0) is 44.4. The molecule has 1 N–H and O–H groups in total. The summed E-state index contributed by atoms with van der Waals surface area (Å²) in [5, 5.41) is 10.3. The molecule has 3 aliphatic heterocycles. The van der Waals surface area contributed by atoms with Gasteiger partial charge >= 0.3 is 5.97 Å². The Bertz CT molecular complexity index is 1850. The lowest BCUT2D eigenvalue weighted by molar-refractivity contribution is -0.272. The Morgan fingerprint density at radius 3 is 2.08 bits per heavy atom. The molecule has 0 aromatic rings. The van der Waals surface area contributed by atoms with Gasteiger partial charge in [-0.05, 0) is 196 Å². The molecule has 0 amide bonds. The molecule has 6 nitrogen and oxygen atoms in total. The quantitative estimate of drug-likeness (QED) is 0.219. The zero-order valence-corrected chi connectivity index (χ0v) is 41.4. The van der Waals surface area contributed by atoms with Gasteiger partial charge in [-0.2, -0.15) is 0 Å². The van der Waals surface area contributed by atoms with Crippen LogP contribution in [-0.2, 0) is 23.7 Å². The number of esters is 1. The van der Waals surface area contributed by atoms with Crippen LogP contribution in [0.25, 0.3) is 0 Å². The molecule has 3 heterocycles. The van der Waals surface area contributed by atoms with Crippen molar-refractivity contribution in [1.82, 2.24) is 0 Å². The van der Waals surface area contributed by atoms with Crippen LogP contribution in [-0.4, -0.2) is 48.4 Å². The van der Waals surface area contributed by atoms with Crippen molar-refractivity contribution in [3.05, 3.63) is 34.6 Å². The molecule has 63 heavy (non-hydrogen) atoms. The molecule has 1 spiro atoms. The molecule has 0 bridgehead atoms. The number of hydrogen-bond acceptors (Lipinski definition) is 6. The summed E-state index contributed by atoms with van der Waals surface area (Å²) >= 11 is 0. The van der Waals surface area contributed by atoms with E-state index in [4.69, 9.17) is 18.9 Å². The van der Waals surface area contributed by atoms with Crippen molar-refractivity contribution in [2.24, 2.45) is 92.7 Å². The Morgan fingerprint density at radius 1 is 0.794 bits per heavy atom. The van der Waals surface area contributed by atoms with E-state index in [0.29, 0.717) is 70.1 Å². The number of allylic oxidation sites excluding steroid dienone is 4. The first-order valence-electron chi connectivity index (χ1n) is 26.8. The van der Waals surface area contributed by atoms with Gasteiger partial charge in [0.2, 0.25) is 0 Å². The summed E-state index contributed by atoms with van der Waals surface area (Å²) < 4.78 is 25.3. The topological polar surface area (TPSA) is 74.2 Å². The minimum absolute atomic E-state index is 0.107. The zero-order valence-electron chi connectivity index (χ0n) is 41.4. The van der Waals surface area contributed by atoms with Gasteiger partial charge in [0.1, 0.15) is 6.10 Å². The maximum Gasteiger partial charge on any atom is 0.302 e. The number of carbonyl (C=O) groups excluding carboxylic acids is 1. The smallest absolute Gasteiger partial charge is 0.302 e. The fraction of sp³-hybridized carbons (Fsp3) is 0.877. The van der Waals surface area contributed by atoms with Crippen LogP contribution in [0.2, 0.25) is 0 Å². The molecule has 9 unspecified atom stereocenters. The number of ether oxygens (including phenoxy) is 4. The van der Waals surface area contributed by atoms with Gasteiger partial charge in [-0.25, -0.2) is 0 Å². The molecule has 20 atom stereocenters. The second-order valence-corrected chi connectivity index (χ2v) is 25.7. The van der Waals surface area contributed by atoms with Gasteiger partial charge in [-0.15, -0.1) is 0 Å². The monoisotopic (exact) mass is 869 g/mol. The molecule has 8 fully saturated rings.